The fourth-order valence-electron chi connectivity index (χ4n) is 5.16. The van der Waals surface area contributed by atoms with Gasteiger partial charge in [-0.1, -0.05) is 114 Å². The summed E-state index contributed by atoms with van der Waals surface area (Å²) in [5, 5.41) is 36.4. The zero-order valence-electron chi connectivity index (χ0n) is 21.0. The number of aliphatic hydroxyl groups excluding tert-OH is 2. The molecule has 1 fully saturated rings. The average Bonchev–Trinajstić information content (AvgIpc) is 3.20. The lowest BCUT2D eigenvalue weighted by Crippen LogP contribution is -2.47. The molecule has 0 aliphatic carbocycles. The summed E-state index contributed by atoms with van der Waals surface area (Å²) in [6.45, 7) is 5.95. The third-order valence-electron chi connectivity index (χ3n) is 6.81. The van der Waals surface area contributed by atoms with E-state index in [-0.39, 0.29) is 23.9 Å². The van der Waals surface area contributed by atoms with Crippen molar-refractivity contribution in [3.8, 4) is 6.07 Å². The number of carbonyl (C=O) groups is 1. The first kappa shape index (κ1) is 29.3. The Hall–Kier alpha value is -1.26. The van der Waals surface area contributed by atoms with Crippen molar-refractivity contribution in [2.24, 2.45) is 5.41 Å². The molecule has 5 atom stereocenters. The van der Waals surface area contributed by atoms with E-state index in [1.165, 1.54) is 5.56 Å². The van der Waals surface area contributed by atoms with Gasteiger partial charge in [0.05, 0.1) is 24.8 Å². The molecule has 1 saturated heterocycles. The van der Waals surface area contributed by atoms with Crippen LogP contribution in [0.25, 0.3) is 0 Å². The molecular formula is C28H35I2N3O3. The predicted molar refractivity (Wildman–Crippen MR) is 159 cm³/mol. The molecule has 3 rings (SSSR count). The number of halogens is 2. The van der Waals surface area contributed by atoms with Crippen molar-refractivity contribution in [1.82, 2.24) is 10.6 Å². The second-order valence-electron chi connectivity index (χ2n) is 10.7. The van der Waals surface area contributed by atoms with Crippen LogP contribution >= 0.6 is 45.2 Å². The van der Waals surface area contributed by atoms with E-state index < -0.39 is 30.1 Å². The van der Waals surface area contributed by atoms with Gasteiger partial charge in [0.1, 0.15) is 5.41 Å². The lowest BCUT2D eigenvalue weighted by Gasteiger charge is -2.37. The third kappa shape index (κ3) is 6.41. The minimum atomic E-state index is -1.04. The largest absolute Gasteiger partial charge is 0.394 e. The van der Waals surface area contributed by atoms with Crippen molar-refractivity contribution in [3.05, 3.63) is 70.8 Å². The molecule has 0 radical (unpaired) electrons. The Kier molecular flexibility index (Phi) is 10.2. The molecule has 1 heterocycles. The summed E-state index contributed by atoms with van der Waals surface area (Å²) in [5.74, 6) is -0.734. The third-order valence-corrected chi connectivity index (χ3v) is 8.57. The van der Waals surface area contributed by atoms with Crippen LogP contribution in [0.5, 0.6) is 0 Å². The normalized spacial score (nSPS) is 24.8. The highest BCUT2D eigenvalue weighted by atomic mass is 127. The van der Waals surface area contributed by atoms with Crippen LogP contribution in [0, 0.1) is 16.7 Å². The smallest absolute Gasteiger partial charge is 0.237 e. The van der Waals surface area contributed by atoms with E-state index in [0.29, 0.717) is 6.42 Å². The molecule has 1 amide bonds. The van der Waals surface area contributed by atoms with Crippen LogP contribution in [0.15, 0.2) is 48.5 Å². The van der Waals surface area contributed by atoms with Gasteiger partial charge >= 0.3 is 0 Å². The Morgan fingerprint density at radius 1 is 1.17 bits per heavy atom. The first-order valence-electron chi connectivity index (χ1n) is 12.1. The fourth-order valence-corrected chi connectivity index (χ4v) is 6.15. The van der Waals surface area contributed by atoms with E-state index in [0.717, 1.165) is 25.5 Å². The van der Waals surface area contributed by atoms with Gasteiger partial charge in [-0.15, -0.1) is 0 Å². The highest BCUT2D eigenvalue weighted by molar-refractivity contribution is 14.1. The standard InChI is InChI=1S/C28H35I2N3O3/c1-27(2,3)12-23-28(17-31,21-9-7-18(13-29)8-10-21)24(20-6-4-5-19(11-20)14-30)25(33-23)26(36)32-15-22(35)16-34/h4-11,22-25,33-35H,12-16H2,1-3H3,(H,32,36)/t22-,23-,24-,25+,28-/m0/s1. The second kappa shape index (κ2) is 12.5. The zero-order valence-corrected chi connectivity index (χ0v) is 25.3. The van der Waals surface area contributed by atoms with Gasteiger partial charge in [-0.3, -0.25) is 4.79 Å². The first-order chi connectivity index (χ1) is 17.1. The van der Waals surface area contributed by atoms with Crippen molar-refractivity contribution in [2.75, 3.05) is 13.2 Å². The number of benzene rings is 2. The summed E-state index contributed by atoms with van der Waals surface area (Å²) in [5.41, 5.74) is 3.08. The minimum absolute atomic E-state index is 0.0537. The lowest BCUT2D eigenvalue weighted by molar-refractivity contribution is -0.123. The van der Waals surface area contributed by atoms with Crippen LogP contribution in [0.4, 0.5) is 0 Å². The van der Waals surface area contributed by atoms with Gasteiger partial charge in [0.15, 0.2) is 0 Å². The van der Waals surface area contributed by atoms with E-state index >= 15 is 0 Å². The maximum absolute atomic E-state index is 13.6. The van der Waals surface area contributed by atoms with Crippen molar-refractivity contribution < 1.29 is 15.0 Å². The number of aliphatic hydroxyl groups is 2. The van der Waals surface area contributed by atoms with Gasteiger partial charge in [-0.05, 0) is 34.1 Å². The van der Waals surface area contributed by atoms with E-state index in [1.807, 2.05) is 24.3 Å². The van der Waals surface area contributed by atoms with Gasteiger partial charge in [0.2, 0.25) is 5.91 Å². The highest BCUT2D eigenvalue weighted by Crippen LogP contribution is 2.51. The molecule has 8 heteroatoms. The van der Waals surface area contributed by atoms with Crippen molar-refractivity contribution >= 4 is 51.1 Å². The number of nitriles is 1. The maximum atomic E-state index is 13.6. The van der Waals surface area contributed by atoms with E-state index in [4.69, 9.17) is 0 Å². The lowest BCUT2D eigenvalue weighted by atomic mass is 9.63. The number of hydrogen-bond donors (Lipinski definition) is 4. The van der Waals surface area contributed by atoms with Gasteiger partial charge in [0, 0.05) is 27.4 Å². The summed E-state index contributed by atoms with van der Waals surface area (Å²) >= 11 is 4.65. The molecule has 6 nitrogen and oxygen atoms in total. The number of rotatable bonds is 9. The van der Waals surface area contributed by atoms with Crippen LogP contribution in [0.1, 0.15) is 55.4 Å². The number of alkyl halides is 2. The van der Waals surface area contributed by atoms with Crippen molar-refractivity contribution in [1.29, 1.82) is 5.26 Å². The molecule has 194 valence electrons. The molecule has 4 N–H and O–H groups in total. The first-order valence-corrected chi connectivity index (χ1v) is 15.2. The molecule has 0 saturated carbocycles. The summed E-state index contributed by atoms with van der Waals surface area (Å²) < 4.78 is 1.70. The number of hydrogen-bond acceptors (Lipinski definition) is 5. The van der Waals surface area contributed by atoms with E-state index in [1.54, 1.807) is 0 Å². The monoisotopic (exact) mass is 715 g/mol. The molecule has 2 aromatic rings. The highest BCUT2D eigenvalue weighted by Gasteiger charge is 2.59. The number of carbonyl (C=O) groups excluding carboxylic acids is 1. The molecule has 1 aliphatic rings. The molecule has 1 aliphatic heterocycles. The summed E-state index contributed by atoms with van der Waals surface area (Å²) in [6.07, 6.45) is -0.344. The van der Waals surface area contributed by atoms with Crippen LogP contribution in [0.2, 0.25) is 0 Å². The zero-order chi connectivity index (χ0) is 26.5. The molecule has 36 heavy (non-hydrogen) atoms. The Balaban J connectivity index is 2.21. The Labute approximate surface area is 241 Å². The Bertz CT molecular complexity index is 1080. The molecular weight excluding hydrogens is 680 g/mol. The number of nitrogens with zero attached hydrogens (tertiary/aromatic N) is 1. The number of amides is 1. The molecule has 0 unspecified atom stereocenters. The topological polar surface area (TPSA) is 105 Å². The molecule has 0 aromatic heterocycles. The van der Waals surface area contributed by atoms with Crippen LogP contribution in [-0.4, -0.2) is 47.5 Å². The Morgan fingerprint density at radius 2 is 1.83 bits per heavy atom. The van der Waals surface area contributed by atoms with Gasteiger partial charge in [-0.25, -0.2) is 0 Å². The second-order valence-corrected chi connectivity index (χ2v) is 12.2. The SMILES string of the molecule is CC(C)(C)C[C@@H]1N[C@@H](C(=O)NC[C@H](O)CO)[C@H](c2cccc(CI)c2)[C@@]1(C#N)c1ccc(CI)cc1. The predicted octanol–water partition coefficient (Wildman–Crippen LogP) is 4.35. The molecule has 2 aromatic carbocycles. The van der Waals surface area contributed by atoms with Crippen molar-refractivity contribution in [2.45, 2.75) is 65.6 Å². The summed E-state index contributed by atoms with van der Waals surface area (Å²) in [4.78, 5) is 13.6. The quantitative estimate of drug-likeness (QED) is 0.229. The van der Waals surface area contributed by atoms with Crippen LogP contribution < -0.4 is 10.6 Å². The van der Waals surface area contributed by atoms with Crippen LogP contribution in [0.3, 0.4) is 0 Å². The number of nitrogens with one attached hydrogen (secondary N) is 2. The molecule has 0 bridgehead atoms. The van der Waals surface area contributed by atoms with Crippen LogP contribution in [-0.2, 0) is 19.1 Å². The maximum Gasteiger partial charge on any atom is 0.237 e. The Morgan fingerprint density at radius 3 is 2.39 bits per heavy atom. The van der Waals surface area contributed by atoms with Crippen molar-refractivity contribution in [3.63, 3.8) is 0 Å². The average molecular weight is 715 g/mol. The van der Waals surface area contributed by atoms with Gasteiger partial charge in [0.25, 0.3) is 0 Å². The minimum Gasteiger partial charge on any atom is -0.394 e. The molecule has 0 spiro atoms. The van der Waals surface area contributed by atoms with Gasteiger partial charge in [-0.2, -0.15) is 5.26 Å². The van der Waals surface area contributed by atoms with E-state index in [9.17, 15) is 20.3 Å². The fraction of sp³-hybridized carbons (Fsp3) is 0.500. The van der Waals surface area contributed by atoms with Gasteiger partial charge < -0.3 is 20.8 Å². The summed E-state index contributed by atoms with van der Waals surface area (Å²) in [7, 11) is 0. The van der Waals surface area contributed by atoms with E-state index in [2.05, 4.69) is 107 Å². The summed E-state index contributed by atoms with van der Waals surface area (Å²) in [6, 6.07) is 18.1.